The first kappa shape index (κ1) is 15.1. The van der Waals surface area contributed by atoms with E-state index in [1.807, 2.05) is 24.7 Å². The molecule has 4 rings (SSSR count). The second-order valence-corrected chi connectivity index (χ2v) is 6.31. The van der Waals surface area contributed by atoms with Crippen molar-refractivity contribution in [3.8, 4) is 11.3 Å². The Bertz CT molecular complexity index is 787. The Morgan fingerprint density at radius 3 is 2.88 bits per heavy atom. The molecule has 1 aromatic carbocycles. The number of piperidine rings is 1. The van der Waals surface area contributed by atoms with Crippen LogP contribution in [0.1, 0.15) is 30.1 Å². The summed E-state index contributed by atoms with van der Waals surface area (Å²) in [7, 11) is 0. The number of hydrogen-bond acceptors (Lipinski definition) is 3. The Balaban J connectivity index is 1.43. The van der Waals surface area contributed by atoms with Gasteiger partial charge in [-0.2, -0.15) is 5.10 Å². The van der Waals surface area contributed by atoms with Gasteiger partial charge in [0.1, 0.15) is 11.6 Å². The van der Waals surface area contributed by atoms with Gasteiger partial charge in [0, 0.05) is 36.0 Å². The second kappa shape index (κ2) is 6.57. The number of likely N-dealkylation sites (tertiary alicyclic amines) is 1. The van der Waals surface area contributed by atoms with Gasteiger partial charge < -0.3 is 4.98 Å². The number of aromatic amines is 2. The SMILES string of the molecule is Fc1cccc(-c2[nH]ncc2CN2CCC(c3ncc[nH]3)CC2)c1. The summed E-state index contributed by atoms with van der Waals surface area (Å²) in [6, 6.07) is 6.63. The monoisotopic (exact) mass is 325 g/mol. The van der Waals surface area contributed by atoms with Crippen molar-refractivity contribution in [3.63, 3.8) is 0 Å². The topological polar surface area (TPSA) is 60.6 Å². The lowest BCUT2D eigenvalue weighted by molar-refractivity contribution is 0.202. The van der Waals surface area contributed by atoms with Gasteiger partial charge in [-0.25, -0.2) is 9.37 Å². The number of H-pyrrole nitrogens is 2. The van der Waals surface area contributed by atoms with Gasteiger partial charge in [-0.05, 0) is 38.1 Å². The maximum absolute atomic E-state index is 13.5. The predicted octanol–water partition coefficient (Wildman–Crippen LogP) is 3.32. The van der Waals surface area contributed by atoms with Gasteiger partial charge in [0.05, 0.1) is 11.9 Å². The van der Waals surface area contributed by atoms with Crippen molar-refractivity contribution < 1.29 is 4.39 Å². The van der Waals surface area contributed by atoms with Gasteiger partial charge in [0.2, 0.25) is 0 Å². The van der Waals surface area contributed by atoms with Crippen LogP contribution in [0.15, 0.2) is 42.9 Å². The molecule has 0 saturated carbocycles. The second-order valence-electron chi connectivity index (χ2n) is 6.31. The van der Waals surface area contributed by atoms with Crippen LogP contribution in [0, 0.1) is 5.82 Å². The molecule has 0 aliphatic carbocycles. The molecule has 1 fully saturated rings. The van der Waals surface area contributed by atoms with Crippen molar-refractivity contribution in [3.05, 3.63) is 60.1 Å². The summed E-state index contributed by atoms with van der Waals surface area (Å²) >= 11 is 0. The van der Waals surface area contributed by atoms with Gasteiger partial charge in [0.15, 0.2) is 0 Å². The van der Waals surface area contributed by atoms with Crippen molar-refractivity contribution in [1.82, 2.24) is 25.1 Å². The van der Waals surface area contributed by atoms with E-state index in [4.69, 9.17) is 0 Å². The van der Waals surface area contributed by atoms with E-state index in [1.165, 1.54) is 6.07 Å². The Labute approximate surface area is 139 Å². The smallest absolute Gasteiger partial charge is 0.123 e. The molecule has 2 N–H and O–H groups in total. The van der Waals surface area contributed by atoms with E-state index in [-0.39, 0.29) is 5.82 Å². The summed E-state index contributed by atoms with van der Waals surface area (Å²) in [5, 5.41) is 7.17. The van der Waals surface area contributed by atoms with E-state index in [0.29, 0.717) is 5.92 Å². The number of nitrogens with one attached hydrogen (secondary N) is 2. The molecule has 1 saturated heterocycles. The summed E-state index contributed by atoms with van der Waals surface area (Å²) in [4.78, 5) is 10.0. The zero-order valence-corrected chi connectivity index (χ0v) is 13.4. The van der Waals surface area contributed by atoms with Gasteiger partial charge >= 0.3 is 0 Å². The fourth-order valence-corrected chi connectivity index (χ4v) is 3.43. The first-order chi connectivity index (χ1) is 11.8. The highest BCUT2D eigenvalue weighted by Crippen LogP contribution is 2.28. The molecule has 24 heavy (non-hydrogen) atoms. The van der Waals surface area contributed by atoms with Crippen LogP contribution in [0.25, 0.3) is 11.3 Å². The lowest BCUT2D eigenvalue weighted by Crippen LogP contribution is -2.32. The van der Waals surface area contributed by atoms with Crippen LogP contribution in [0.5, 0.6) is 0 Å². The third kappa shape index (κ3) is 3.10. The molecule has 124 valence electrons. The number of hydrogen-bond donors (Lipinski definition) is 2. The third-order valence-corrected chi connectivity index (χ3v) is 4.72. The number of rotatable bonds is 4. The normalized spacial score (nSPS) is 16.5. The molecule has 6 heteroatoms. The molecule has 3 aromatic rings. The molecule has 3 heterocycles. The zero-order valence-electron chi connectivity index (χ0n) is 13.4. The lowest BCUT2D eigenvalue weighted by atomic mass is 9.95. The zero-order chi connectivity index (χ0) is 16.4. The first-order valence-electron chi connectivity index (χ1n) is 8.29. The maximum Gasteiger partial charge on any atom is 0.123 e. The van der Waals surface area contributed by atoms with Crippen molar-refractivity contribution in [1.29, 1.82) is 0 Å². The average molecular weight is 325 g/mol. The standard InChI is InChI=1S/C18H20FN5/c19-16-3-1-2-14(10-16)17-15(11-22-23-17)12-24-8-4-13(5-9-24)18-20-6-7-21-18/h1-3,6-7,10-11,13H,4-5,8-9,12H2,(H,20,21)(H,22,23). The molecule has 0 bridgehead atoms. The molecule has 0 amide bonds. The van der Waals surface area contributed by atoms with Crippen LogP contribution in [-0.2, 0) is 6.54 Å². The molecule has 0 spiro atoms. The minimum Gasteiger partial charge on any atom is -0.348 e. The van der Waals surface area contributed by atoms with E-state index in [1.54, 1.807) is 12.1 Å². The van der Waals surface area contributed by atoms with Gasteiger partial charge in [-0.15, -0.1) is 0 Å². The third-order valence-electron chi connectivity index (χ3n) is 4.72. The molecule has 5 nitrogen and oxygen atoms in total. The highest BCUT2D eigenvalue weighted by atomic mass is 19.1. The molecule has 1 aliphatic rings. The molecular weight excluding hydrogens is 305 g/mol. The number of benzene rings is 1. The van der Waals surface area contributed by atoms with Crippen LogP contribution in [-0.4, -0.2) is 38.2 Å². The van der Waals surface area contributed by atoms with E-state index in [0.717, 1.165) is 55.1 Å². The quantitative estimate of drug-likeness (QED) is 0.773. The van der Waals surface area contributed by atoms with Gasteiger partial charge in [-0.3, -0.25) is 10.00 Å². The van der Waals surface area contributed by atoms with E-state index < -0.39 is 0 Å². The Morgan fingerprint density at radius 1 is 1.25 bits per heavy atom. The molecule has 0 unspecified atom stereocenters. The number of aromatic nitrogens is 4. The molecule has 2 aromatic heterocycles. The number of halogens is 1. The fraction of sp³-hybridized carbons (Fsp3) is 0.333. The van der Waals surface area contributed by atoms with E-state index in [9.17, 15) is 4.39 Å². The Hall–Kier alpha value is -2.47. The number of nitrogens with zero attached hydrogens (tertiary/aromatic N) is 3. The van der Waals surface area contributed by atoms with Crippen LogP contribution in [0.4, 0.5) is 4.39 Å². The number of imidazole rings is 1. The van der Waals surface area contributed by atoms with Gasteiger partial charge in [0.25, 0.3) is 0 Å². The summed E-state index contributed by atoms with van der Waals surface area (Å²) < 4.78 is 13.5. The van der Waals surface area contributed by atoms with E-state index in [2.05, 4.69) is 25.1 Å². The van der Waals surface area contributed by atoms with Crippen molar-refractivity contribution in [2.75, 3.05) is 13.1 Å². The molecule has 0 radical (unpaired) electrons. The highest BCUT2D eigenvalue weighted by molar-refractivity contribution is 5.62. The average Bonchev–Trinajstić information content (AvgIpc) is 3.27. The van der Waals surface area contributed by atoms with Crippen LogP contribution in [0.2, 0.25) is 0 Å². The Morgan fingerprint density at radius 2 is 2.12 bits per heavy atom. The first-order valence-corrected chi connectivity index (χ1v) is 8.29. The van der Waals surface area contributed by atoms with Gasteiger partial charge in [-0.1, -0.05) is 12.1 Å². The fourth-order valence-electron chi connectivity index (χ4n) is 3.43. The molecular formula is C18H20FN5. The van der Waals surface area contributed by atoms with Crippen molar-refractivity contribution in [2.24, 2.45) is 0 Å². The van der Waals surface area contributed by atoms with Crippen LogP contribution < -0.4 is 0 Å². The lowest BCUT2D eigenvalue weighted by Gasteiger charge is -2.31. The minimum atomic E-state index is -0.229. The Kier molecular flexibility index (Phi) is 4.13. The predicted molar refractivity (Wildman–Crippen MR) is 89.8 cm³/mol. The van der Waals surface area contributed by atoms with Crippen molar-refractivity contribution >= 4 is 0 Å². The molecule has 1 aliphatic heterocycles. The summed E-state index contributed by atoms with van der Waals surface area (Å²) in [6.45, 7) is 2.88. The molecule has 0 atom stereocenters. The summed E-state index contributed by atoms with van der Waals surface area (Å²) in [5.41, 5.74) is 2.85. The summed E-state index contributed by atoms with van der Waals surface area (Å²) in [6.07, 6.45) is 7.75. The summed E-state index contributed by atoms with van der Waals surface area (Å²) in [5.74, 6) is 1.38. The van der Waals surface area contributed by atoms with Crippen LogP contribution >= 0.6 is 0 Å². The highest BCUT2D eigenvalue weighted by Gasteiger charge is 2.23. The van der Waals surface area contributed by atoms with E-state index >= 15 is 0 Å². The largest absolute Gasteiger partial charge is 0.348 e. The maximum atomic E-state index is 13.5. The van der Waals surface area contributed by atoms with Crippen LogP contribution in [0.3, 0.4) is 0 Å². The minimum absolute atomic E-state index is 0.229. The van der Waals surface area contributed by atoms with Crippen molar-refractivity contribution in [2.45, 2.75) is 25.3 Å².